The van der Waals surface area contributed by atoms with Crippen LogP contribution >= 0.6 is 11.3 Å². The first kappa shape index (κ1) is 19.9. The Morgan fingerprint density at radius 1 is 1.23 bits per heavy atom. The van der Waals surface area contributed by atoms with Crippen LogP contribution < -0.4 is 11.1 Å². The van der Waals surface area contributed by atoms with E-state index >= 15 is 0 Å². The quantitative estimate of drug-likeness (QED) is 0.645. The zero-order valence-corrected chi connectivity index (χ0v) is 15.5. The van der Waals surface area contributed by atoms with Gasteiger partial charge in [0.1, 0.15) is 9.88 Å². The van der Waals surface area contributed by atoms with Gasteiger partial charge in [-0.1, -0.05) is 12.8 Å². The van der Waals surface area contributed by atoms with Gasteiger partial charge in [0, 0.05) is 0 Å². The van der Waals surface area contributed by atoms with Crippen molar-refractivity contribution in [2.45, 2.75) is 39.5 Å². The molecule has 142 valence electrons. The van der Waals surface area contributed by atoms with Gasteiger partial charge in [0.25, 0.3) is 5.91 Å². The van der Waals surface area contributed by atoms with Crippen molar-refractivity contribution in [3.05, 3.63) is 16.0 Å². The van der Waals surface area contributed by atoms with Crippen LogP contribution in [0, 0.1) is 18.8 Å². The summed E-state index contributed by atoms with van der Waals surface area (Å²) in [5.41, 5.74) is 5.80. The summed E-state index contributed by atoms with van der Waals surface area (Å²) in [6.45, 7) is 3.39. The Bertz CT molecular complexity index is 742. The number of amides is 2. The smallest absolute Gasteiger partial charge is 0.348 e. The molecular weight excluding hydrogens is 360 g/mol. The molecule has 1 fully saturated rings. The fourth-order valence-corrected chi connectivity index (χ4v) is 4.34. The number of hydrogen-bond acceptors (Lipinski definition) is 6. The fourth-order valence-electron chi connectivity index (χ4n) is 3.23. The lowest BCUT2D eigenvalue weighted by Crippen LogP contribution is -2.36. The number of carbonyl (C=O) groups is 4. The first-order valence-corrected chi connectivity index (χ1v) is 9.23. The van der Waals surface area contributed by atoms with E-state index in [4.69, 9.17) is 10.5 Å². The number of carboxylic acid groups (broad SMARTS) is 1. The van der Waals surface area contributed by atoms with Crippen molar-refractivity contribution in [1.82, 2.24) is 0 Å². The van der Waals surface area contributed by atoms with Crippen molar-refractivity contribution in [3.63, 3.8) is 0 Å². The molecule has 0 bridgehead atoms. The minimum Gasteiger partial charge on any atom is -0.481 e. The lowest BCUT2D eigenvalue weighted by molar-refractivity contribution is -0.147. The number of thiophene rings is 1. The fraction of sp³-hybridized carbons (Fsp3) is 0.529. The van der Waals surface area contributed by atoms with Crippen molar-refractivity contribution in [2.24, 2.45) is 17.6 Å². The Kier molecular flexibility index (Phi) is 6.36. The summed E-state index contributed by atoms with van der Waals surface area (Å²) in [7, 11) is 0. The molecule has 1 aliphatic rings. The number of carbonyl (C=O) groups excluding carboxylic acids is 3. The molecule has 0 aromatic carbocycles. The number of aliphatic carboxylic acids is 1. The predicted molar refractivity (Wildman–Crippen MR) is 95.2 cm³/mol. The summed E-state index contributed by atoms with van der Waals surface area (Å²) in [6.07, 6.45) is 2.43. The van der Waals surface area contributed by atoms with E-state index in [1.165, 1.54) is 0 Å². The maximum absolute atomic E-state index is 12.6. The molecule has 2 amide bonds. The van der Waals surface area contributed by atoms with Crippen LogP contribution in [0.25, 0.3) is 0 Å². The van der Waals surface area contributed by atoms with Crippen LogP contribution in [0.3, 0.4) is 0 Å². The van der Waals surface area contributed by atoms with E-state index in [0.29, 0.717) is 18.4 Å². The molecule has 1 aromatic heterocycles. The van der Waals surface area contributed by atoms with E-state index < -0.39 is 35.6 Å². The number of nitrogens with two attached hydrogens (primary N) is 1. The van der Waals surface area contributed by atoms with E-state index in [1.54, 1.807) is 13.8 Å². The molecule has 9 heteroatoms. The van der Waals surface area contributed by atoms with E-state index in [2.05, 4.69) is 5.32 Å². The summed E-state index contributed by atoms with van der Waals surface area (Å²) < 4.78 is 4.96. The van der Waals surface area contributed by atoms with Crippen molar-refractivity contribution in [1.29, 1.82) is 0 Å². The third-order valence-electron chi connectivity index (χ3n) is 4.51. The topological polar surface area (TPSA) is 136 Å². The summed E-state index contributed by atoms with van der Waals surface area (Å²) >= 11 is 0.910. The lowest BCUT2D eigenvalue weighted by atomic mass is 9.79. The zero-order valence-electron chi connectivity index (χ0n) is 14.7. The number of esters is 1. The van der Waals surface area contributed by atoms with Crippen LogP contribution in [-0.2, 0) is 14.3 Å². The second-order valence-corrected chi connectivity index (χ2v) is 7.19. The summed E-state index contributed by atoms with van der Waals surface area (Å²) in [5.74, 6) is -4.30. The number of rotatable bonds is 6. The molecular formula is C17H22N2O6S. The number of anilines is 1. The molecule has 8 nitrogen and oxygen atoms in total. The third-order valence-corrected chi connectivity index (χ3v) is 5.70. The normalized spacial score (nSPS) is 19.6. The summed E-state index contributed by atoms with van der Waals surface area (Å²) in [4.78, 5) is 48.1. The lowest BCUT2D eigenvalue weighted by Gasteiger charge is -2.27. The van der Waals surface area contributed by atoms with Gasteiger partial charge in [0.05, 0.1) is 24.0 Å². The van der Waals surface area contributed by atoms with Crippen molar-refractivity contribution < 1.29 is 29.0 Å². The highest BCUT2D eigenvalue weighted by Gasteiger charge is 2.36. The number of hydrogen-bond donors (Lipinski definition) is 3. The van der Waals surface area contributed by atoms with Crippen LogP contribution in [0.5, 0.6) is 0 Å². The average molecular weight is 382 g/mol. The maximum Gasteiger partial charge on any atom is 0.348 e. The zero-order chi connectivity index (χ0) is 19.4. The molecule has 0 spiro atoms. The van der Waals surface area contributed by atoms with Crippen LogP contribution in [0.15, 0.2) is 0 Å². The molecule has 26 heavy (non-hydrogen) atoms. The molecule has 1 aliphatic carbocycles. The summed E-state index contributed by atoms with van der Waals surface area (Å²) in [5, 5.41) is 12.1. The largest absolute Gasteiger partial charge is 0.481 e. The van der Waals surface area contributed by atoms with Gasteiger partial charge in [-0.05, 0) is 32.3 Å². The van der Waals surface area contributed by atoms with Gasteiger partial charge in [-0.2, -0.15) is 0 Å². The van der Waals surface area contributed by atoms with Gasteiger partial charge in [0.2, 0.25) is 5.91 Å². The molecule has 1 saturated carbocycles. The molecule has 2 atom stereocenters. The van der Waals surface area contributed by atoms with Gasteiger partial charge in [0.15, 0.2) is 0 Å². The Hall–Kier alpha value is -2.42. The number of carboxylic acids is 1. The maximum atomic E-state index is 12.6. The van der Waals surface area contributed by atoms with E-state index in [9.17, 15) is 24.3 Å². The molecule has 1 heterocycles. The minimum absolute atomic E-state index is 0.0501. The monoisotopic (exact) mass is 382 g/mol. The second-order valence-electron chi connectivity index (χ2n) is 6.17. The summed E-state index contributed by atoms with van der Waals surface area (Å²) in [6, 6.07) is 0. The molecule has 1 aromatic rings. The highest BCUT2D eigenvalue weighted by Crippen LogP contribution is 2.36. The SMILES string of the molecule is CCOC(=O)c1sc(NC(=O)[C@@H]2CCCC[C@@H]2C(=O)O)c(C(N)=O)c1C. The average Bonchev–Trinajstić information content (AvgIpc) is 2.91. The molecule has 0 unspecified atom stereocenters. The Labute approximate surface area is 154 Å². The van der Waals surface area contributed by atoms with E-state index in [0.717, 1.165) is 24.2 Å². The third kappa shape index (κ3) is 4.04. The first-order chi connectivity index (χ1) is 12.3. The van der Waals surface area contributed by atoms with Crippen LogP contribution in [-0.4, -0.2) is 35.5 Å². The van der Waals surface area contributed by atoms with Crippen LogP contribution in [0.2, 0.25) is 0 Å². The van der Waals surface area contributed by atoms with Crippen molar-refractivity contribution in [3.8, 4) is 0 Å². The highest BCUT2D eigenvalue weighted by atomic mass is 32.1. The predicted octanol–water partition coefficient (Wildman–Crippen LogP) is 2.16. The first-order valence-electron chi connectivity index (χ1n) is 8.41. The molecule has 0 saturated heterocycles. The van der Waals surface area contributed by atoms with Gasteiger partial charge in [-0.3, -0.25) is 14.4 Å². The second kappa shape index (κ2) is 8.31. The number of primary amides is 1. The number of nitrogens with one attached hydrogen (secondary N) is 1. The number of ether oxygens (including phenoxy) is 1. The van der Waals surface area contributed by atoms with Crippen LogP contribution in [0.1, 0.15) is 58.2 Å². The van der Waals surface area contributed by atoms with Gasteiger partial charge >= 0.3 is 11.9 Å². The van der Waals surface area contributed by atoms with Crippen LogP contribution in [0.4, 0.5) is 5.00 Å². The molecule has 2 rings (SSSR count). The van der Waals surface area contributed by atoms with Crippen molar-refractivity contribution >= 4 is 40.1 Å². The van der Waals surface area contributed by atoms with E-state index in [1.807, 2.05) is 0 Å². The Morgan fingerprint density at radius 3 is 2.38 bits per heavy atom. The standard InChI is InChI=1S/C17H22N2O6S/c1-3-25-17(24)12-8(2)11(13(18)20)15(26-12)19-14(21)9-6-4-5-7-10(9)16(22)23/h9-10H,3-7H2,1-2H3,(H2,18,20)(H,19,21)(H,22,23)/t9-,10+/m1/s1. The van der Waals surface area contributed by atoms with Gasteiger partial charge in [-0.15, -0.1) is 11.3 Å². The van der Waals surface area contributed by atoms with Crippen molar-refractivity contribution in [2.75, 3.05) is 11.9 Å². The molecule has 0 aliphatic heterocycles. The Balaban J connectivity index is 2.31. The highest BCUT2D eigenvalue weighted by molar-refractivity contribution is 7.18. The molecule has 0 radical (unpaired) electrons. The van der Waals surface area contributed by atoms with Gasteiger partial charge in [-0.25, -0.2) is 4.79 Å². The van der Waals surface area contributed by atoms with Gasteiger partial charge < -0.3 is 20.9 Å². The molecule has 4 N–H and O–H groups in total. The minimum atomic E-state index is -1.01. The van der Waals surface area contributed by atoms with E-state index in [-0.39, 0.29) is 22.0 Å². The Morgan fingerprint density at radius 2 is 1.85 bits per heavy atom.